The molecular formula is C17H28N2O2. The Morgan fingerprint density at radius 1 is 1.10 bits per heavy atom. The topological polar surface area (TPSA) is 49.4 Å². The van der Waals surface area contributed by atoms with Gasteiger partial charge >= 0.3 is 0 Å². The van der Waals surface area contributed by atoms with Crippen molar-refractivity contribution in [3.63, 3.8) is 0 Å². The first-order valence-corrected chi connectivity index (χ1v) is 8.73. The third kappa shape index (κ3) is 3.41. The van der Waals surface area contributed by atoms with Crippen LogP contribution in [0.3, 0.4) is 0 Å². The van der Waals surface area contributed by atoms with Crippen LogP contribution < -0.4 is 5.32 Å². The normalized spacial score (nSPS) is 34.4. The maximum absolute atomic E-state index is 12.4. The van der Waals surface area contributed by atoms with Gasteiger partial charge in [0.2, 0.25) is 11.8 Å². The van der Waals surface area contributed by atoms with Crippen LogP contribution in [0, 0.1) is 11.8 Å². The van der Waals surface area contributed by atoms with Crippen molar-refractivity contribution >= 4 is 11.8 Å². The van der Waals surface area contributed by atoms with E-state index in [2.05, 4.69) is 12.2 Å². The third-order valence-electron chi connectivity index (χ3n) is 5.66. The van der Waals surface area contributed by atoms with Crippen LogP contribution in [0.5, 0.6) is 0 Å². The van der Waals surface area contributed by atoms with Gasteiger partial charge in [0.1, 0.15) is 0 Å². The molecule has 1 atom stereocenters. The first-order valence-electron chi connectivity index (χ1n) is 8.73. The number of likely N-dealkylation sites (tertiary alicyclic amines) is 1. The average Bonchev–Trinajstić information content (AvgIpc) is 3.10. The molecule has 1 heterocycles. The lowest BCUT2D eigenvalue weighted by Gasteiger charge is -2.28. The second-order valence-electron chi connectivity index (χ2n) is 7.35. The van der Waals surface area contributed by atoms with Crippen LogP contribution in [-0.2, 0) is 9.59 Å². The van der Waals surface area contributed by atoms with Crippen molar-refractivity contribution in [3.05, 3.63) is 0 Å². The first-order chi connectivity index (χ1) is 10.1. The molecule has 2 saturated carbocycles. The summed E-state index contributed by atoms with van der Waals surface area (Å²) in [5.74, 6) is 0.990. The Hall–Kier alpha value is -1.06. The molecule has 3 fully saturated rings. The third-order valence-corrected chi connectivity index (χ3v) is 5.66. The zero-order valence-electron chi connectivity index (χ0n) is 13.1. The number of nitrogens with zero attached hydrogens (tertiary/aromatic N) is 1. The van der Waals surface area contributed by atoms with E-state index in [-0.39, 0.29) is 17.7 Å². The maximum Gasteiger partial charge on any atom is 0.225 e. The molecule has 3 rings (SSSR count). The molecule has 2 aliphatic carbocycles. The van der Waals surface area contributed by atoms with Gasteiger partial charge in [-0.3, -0.25) is 9.59 Å². The summed E-state index contributed by atoms with van der Waals surface area (Å²) >= 11 is 0. The van der Waals surface area contributed by atoms with Crippen molar-refractivity contribution < 1.29 is 9.59 Å². The summed E-state index contributed by atoms with van der Waals surface area (Å²) in [6.45, 7) is 2.94. The first kappa shape index (κ1) is 14.9. The van der Waals surface area contributed by atoms with Gasteiger partial charge in [-0.15, -0.1) is 0 Å². The summed E-state index contributed by atoms with van der Waals surface area (Å²) in [5, 5.41) is 3.20. The summed E-state index contributed by atoms with van der Waals surface area (Å²) in [6.07, 6.45) is 9.75. The van der Waals surface area contributed by atoms with Gasteiger partial charge < -0.3 is 10.2 Å². The molecule has 21 heavy (non-hydrogen) atoms. The van der Waals surface area contributed by atoms with E-state index >= 15 is 0 Å². The van der Waals surface area contributed by atoms with Gasteiger partial charge in [-0.25, -0.2) is 0 Å². The van der Waals surface area contributed by atoms with Crippen LogP contribution in [0.2, 0.25) is 0 Å². The SMILES string of the molecule is CC1CCC(NC(=O)[C@@H]2CC(=O)N(C3CCCC3)C2)CC1. The van der Waals surface area contributed by atoms with E-state index in [1.807, 2.05) is 4.90 Å². The highest BCUT2D eigenvalue weighted by Gasteiger charge is 2.39. The van der Waals surface area contributed by atoms with Crippen molar-refractivity contribution in [1.82, 2.24) is 10.2 Å². The minimum Gasteiger partial charge on any atom is -0.353 e. The number of hydrogen-bond acceptors (Lipinski definition) is 2. The number of hydrogen-bond donors (Lipinski definition) is 1. The van der Waals surface area contributed by atoms with Gasteiger partial charge in [-0.2, -0.15) is 0 Å². The molecule has 1 aliphatic heterocycles. The highest BCUT2D eigenvalue weighted by atomic mass is 16.2. The van der Waals surface area contributed by atoms with Gasteiger partial charge in [-0.05, 0) is 44.4 Å². The smallest absolute Gasteiger partial charge is 0.225 e. The van der Waals surface area contributed by atoms with Crippen LogP contribution in [0.1, 0.15) is 64.7 Å². The monoisotopic (exact) mass is 292 g/mol. The van der Waals surface area contributed by atoms with E-state index in [1.54, 1.807) is 0 Å². The van der Waals surface area contributed by atoms with E-state index in [4.69, 9.17) is 0 Å². The summed E-state index contributed by atoms with van der Waals surface area (Å²) in [7, 11) is 0. The molecule has 0 aromatic rings. The molecule has 0 aromatic heterocycles. The summed E-state index contributed by atoms with van der Waals surface area (Å²) in [6, 6.07) is 0.746. The molecule has 2 amide bonds. The van der Waals surface area contributed by atoms with Gasteiger partial charge in [0, 0.05) is 25.0 Å². The highest BCUT2D eigenvalue weighted by Crippen LogP contribution is 2.30. The molecular weight excluding hydrogens is 264 g/mol. The lowest BCUT2D eigenvalue weighted by Crippen LogP contribution is -2.42. The van der Waals surface area contributed by atoms with Gasteiger partial charge in [0.15, 0.2) is 0 Å². The Bertz CT molecular complexity index is 396. The Labute approximate surface area is 127 Å². The van der Waals surface area contributed by atoms with E-state index in [0.717, 1.165) is 31.6 Å². The maximum atomic E-state index is 12.4. The van der Waals surface area contributed by atoms with Crippen LogP contribution in [-0.4, -0.2) is 35.3 Å². The van der Waals surface area contributed by atoms with Crippen molar-refractivity contribution in [2.45, 2.75) is 76.8 Å². The Morgan fingerprint density at radius 3 is 2.43 bits per heavy atom. The molecule has 3 aliphatic rings. The lowest BCUT2D eigenvalue weighted by atomic mass is 9.87. The van der Waals surface area contributed by atoms with E-state index in [9.17, 15) is 9.59 Å². The van der Waals surface area contributed by atoms with Crippen LogP contribution >= 0.6 is 0 Å². The molecule has 1 saturated heterocycles. The number of carbonyl (C=O) groups excluding carboxylic acids is 2. The predicted molar refractivity (Wildman–Crippen MR) is 81.6 cm³/mol. The van der Waals surface area contributed by atoms with Gasteiger partial charge in [-0.1, -0.05) is 19.8 Å². The average molecular weight is 292 g/mol. The number of carbonyl (C=O) groups is 2. The summed E-state index contributed by atoms with van der Waals surface area (Å²) in [5.41, 5.74) is 0. The molecule has 0 aromatic carbocycles. The Kier molecular flexibility index (Phi) is 4.51. The standard InChI is InChI=1S/C17H28N2O2/c1-12-6-8-14(9-7-12)18-17(21)13-10-16(20)19(11-13)15-4-2-3-5-15/h12-15H,2-11H2,1H3,(H,18,21)/t12?,13-,14?/m1/s1. The zero-order chi connectivity index (χ0) is 14.8. The quantitative estimate of drug-likeness (QED) is 0.868. The molecule has 0 radical (unpaired) electrons. The van der Waals surface area contributed by atoms with Crippen LogP contribution in [0.15, 0.2) is 0 Å². The molecule has 0 unspecified atom stereocenters. The zero-order valence-corrected chi connectivity index (χ0v) is 13.1. The van der Waals surface area contributed by atoms with E-state index in [1.165, 1.54) is 25.7 Å². The minimum absolute atomic E-state index is 0.113. The molecule has 0 spiro atoms. The Morgan fingerprint density at radius 2 is 1.76 bits per heavy atom. The van der Waals surface area contributed by atoms with E-state index < -0.39 is 0 Å². The summed E-state index contributed by atoms with van der Waals surface area (Å²) in [4.78, 5) is 26.6. The minimum atomic E-state index is -0.113. The fraction of sp³-hybridized carbons (Fsp3) is 0.882. The highest BCUT2D eigenvalue weighted by molar-refractivity contribution is 5.89. The predicted octanol–water partition coefficient (Wildman–Crippen LogP) is 2.47. The summed E-state index contributed by atoms with van der Waals surface area (Å²) < 4.78 is 0. The number of nitrogens with one attached hydrogen (secondary N) is 1. The van der Waals surface area contributed by atoms with Crippen molar-refractivity contribution in [1.29, 1.82) is 0 Å². The van der Waals surface area contributed by atoms with Crippen LogP contribution in [0.4, 0.5) is 0 Å². The lowest BCUT2D eigenvalue weighted by molar-refractivity contribution is -0.130. The van der Waals surface area contributed by atoms with E-state index in [0.29, 0.717) is 25.0 Å². The molecule has 118 valence electrons. The fourth-order valence-electron chi connectivity index (χ4n) is 4.20. The number of rotatable bonds is 3. The fourth-order valence-corrected chi connectivity index (χ4v) is 4.20. The Balaban J connectivity index is 1.50. The molecule has 0 bridgehead atoms. The van der Waals surface area contributed by atoms with Crippen LogP contribution in [0.25, 0.3) is 0 Å². The van der Waals surface area contributed by atoms with Crippen molar-refractivity contribution in [2.75, 3.05) is 6.54 Å². The molecule has 4 nitrogen and oxygen atoms in total. The van der Waals surface area contributed by atoms with Crippen molar-refractivity contribution in [3.8, 4) is 0 Å². The van der Waals surface area contributed by atoms with Crippen molar-refractivity contribution in [2.24, 2.45) is 11.8 Å². The van der Waals surface area contributed by atoms with Gasteiger partial charge in [0.25, 0.3) is 0 Å². The molecule has 4 heteroatoms. The van der Waals surface area contributed by atoms with Gasteiger partial charge in [0.05, 0.1) is 5.92 Å². The number of amides is 2. The largest absolute Gasteiger partial charge is 0.353 e. The second kappa shape index (κ2) is 6.37. The second-order valence-corrected chi connectivity index (χ2v) is 7.35. The molecule has 1 N–H and O–H groups in total.